The van der Waals surface area contributed by atoms with Crippen molar-refractivity contribution in [3.8, 4) is 0 Å². The van der Waals surface area contributed by atoms with Gasteiger partial charge in [-0.05, 0) is 56.7 Å². The number of hydrogen-bond donors (Lipinski definition) is 2. The van der Waals surface area contributed by atoms with E-state index < -0.39 is 5.60 Å². The Morgan fingerprint density at radius 1 is 0.510 bits per heavy atom. The van der Waals surface area contributed by atoms with Crippen LogP contribution in [0.5, 0.6) is 0 Å². The molecule has 0 bridgehead atoms. The minimum absolute atomic E-state index is 0.122. The van der Waals surface area contributed by atoms with E-state index in [4.69, 9.17) is 29.6 Å². The van der Waals surface area contributed by atoms with Gasteiger partial charge in [0.1, 0.15) is 0 Å². The number of carbonyl (C=O) groups is 1. The standard InChI is InChI=1S/C46H86O2S3/c1-3-5-7-9-11-13-15-17-19-21-23-25-27-29-31-33-35-41-37-39-45(41,43(47)49)48-44(50)46(51)40-38-42(46)36-34-32-30-28-26-24-22-20-18-16-14-12-10-8-6-4-2/h41-42,51H,3-40H2,1-2H3,(H,47,49). The second-order valence-corrected chi connectivity index (χ2v) is 18.7. The van der Waals surface area contributed by atoms with Crippen LogP contribution in [-0.2, 0) is 9.53 Å². The second-order valence-electron chi connectivity index (χ2n) is 17.2. The Hall–Kier alpha value is 0.260. The number of thiol groups is 2. The summed E-state index contributed by atoms with van der Waals surface area (Å²) in [4.78, 5) is 12.9. The molecule has 2 aliphatic rings. The lowest BCUT2D eigenvalue weighted by Crippen LogP contribution is -2.59. The molecule has 5 heteroatoms. The summed E-state index contributed by atoms with van der Waals surface area (Å²) in [5.41, 5.74) is -0.806. The maximum absolute atomic E-state index is 12.9. The molecule has 0 N–H and O–H groups in total. The summed E-state index contributed by atoms with van der Waals surface area (Å²) < 4.78 is 6.17. The summed E-state index contributed by atoms with van der Waals surface area (Å²) in [5, 5.41) is 0.459. The van der Waals surface area contributed by atoms with Gasteiger partial charge in [0, 0.05) is 5.92 Å². The number of ether oxygens (including phenoxy) is 1. The molecule has 0 aromatic heterocycles. The molecule has 2 fully saturated rings. The van der Waals surface area contributed by atoms with Crippen LogP contribution in [0.2, 0.25) is 0 Å². The highest BCUT2D eigenvalue weighted by Crippen LogP contribution is 2.52. The molecular formula is C46H86O2S3. The van der Waals surface area contributed by atoms with E-state index in [1.54, 1.807) is 0 Å². The Kier molecular flexibility index (Phi) is 28.3. The summed E-state index contributed by atoms with van der Waals surface area (Å²) in [7, 11) is 0. The van der Waals surface area contributed by atoms with E-state index in [1.165, 1.54) is 218 Å². The molecule has 4 atom stereocenters. The molecule has 300 valence electrons. The minimum Gasteiger partial charge on any atom is -0.470 e. The lowest BCUT2D eigenvalue weighted by Gasteiger charge is -2.52. The Bertz CT molecular complexity index is 863. The average Bonchev–Trinajstić information content (AvgIpc) is 3.11. The van der Waals surface area contributed by atoms with Gasteiger partial charge in [0.2, 0.25) is 5.12 Å². The van der Waals surface area contributed by atoms with Crippen molar-refractivity contribution in [2.75, 3.05) is 0 Å². The van der Waals surface area contributed by atoms with Crippen LogP contribution in [0.15, 0.2) is 0 Å². The van der Waals surface area contributed by atoms with Crippen molar-refractivity contribution < 1.29 is 9.53 Å². The van der Waals surface area contributed by atoms with Crippen molar-refractivity contribution in [3.05, 3.63) is 0 Å². The first kappa shape index (κ1) is 47.4. The fourth-order valence-electron chi connectivity index (χ4n) is 8.85. The van der Waals surface area contributed by atoms with Gasteiger partial charge in [0.15, 0.2) is 10.7 Å². The van der Waals surface area contributed by atoms with E-state index in [0.29, 0.717) is 11.0 Å². The van der Waals surface area contributed by atoms with Gasteiger partial charge in [-0.1, -0.05) is 219 Å². The maximum Gasteiger partial charge on any atom is 0.229 e. The SMILES string of the molecule is CCCCCCCCCCCCCCCCCCC1CCC1(S)C(=S)OC1(C(=O)S)CCC1CCCCCCCCCCCCCCCCCC. The normalized spacial score (nSPS) is 22.8. The molecule has 2 saturated carbocycles. The molecule has 0 saturated heterocycles. The first-order chi connectivity index (χ1) is 24.9. The predicted octanol–water partition coefficient (Wildman–Crippen LogP) is 16.3. The number of thiocarbonyl (C=S) groups is 1. The molecule has 2 nitrogen and oxygen atoms in total. The maximum atomic E-state index is 12.9. The van der Waals surface area contributed by atoms with Gasteiger partial charge in [0.25, 0.3) is 0 Å². The topological polar surface area (TPSA) is 26.3 Å². The molecular weight excluding hydrogens is 681 g/mol. The largest absolute Gasteiger partial charge is 0.470 e. The Balaban J connectivity index is 1.49. The fourth-order valence-corrected chi connectivity index (χ4v) is 10.0. The van der Waals surface area contributed by atoms with E-state index in [2.05, 4.69) is 26.5 Å². The average molecular weight is 767 g/mol. The van der Waals surface area contributed by atoms with Gasteiger partial charge in [-0.2, -0.15) is 12.6 Å². The zero-order chi connectivity index (χ0) is 36.9. The molecule has 0 spiro atoms. The first-order valence-corrected chi connectivity index (χ1v) is 24.4. The molecule has 2 aliphatic carbocycles. The molecule has 4 unspecified atom stereocenters. The third-order valence-corrected chi connectivity index (χ3v) is 14.6. The van der Waals surface area contributed by atoms with Gasteiger partial charge >= 0.3 is 0 Å². The number of carbonyl (C=O) groups excluding carboxylic acids is 1. The summed E-state index contributed by atoms with van der Waals surface area (Å²) in [6.45, 7) is 4.59. The van der Waals surface area contributed by atoms with Gasteiger partial charge in [0.05, 0.1) is 4.75 Å². The third kappa shape index (κ3) is 19.6. The van der Waals surface area contributed by atoms with Crippen molar-refractivity contribution in [1.29, 1.82) is 0 Å². The smallest absolute Gasteiger partial charge is 0.229 e. The molecule has 0 aliphatic heterocycles. The van der Waals surface area contributed by atoms with Crippen molar-refractivity contribution >= 4 is 47.6 Å². The lowest BCUT2D eigenvalue weighted by molar-refractivity contribution is -0.145. The van der Waals surface area contributed by atoms with Crippen LogP contribution in [0, 0.1) is 11.8 Å². The van der Waals surface area contributed by atoms with Crippen molar-refractivity contribution in [3.63, 3.8) is 0 Å². The molecule has 0 aromatic rings. The van der Waals surface area contributed by atoms with E-state index in [9.17, 15) is 4.79 Å². The molecule has 51 heavy (non-hydrogen) atoms. The minimum atomic E-state index is -0.806. The summed E-state index contributed by atoms with van der Waals surface area (Å²) >= 11 is 15.4. The fraction of sp³-hybridized carbons (Fsp3) is 0.957. The Labute approximate surface area is 335 Å². The van der Waals surface area contributed by atoms with Crippen LogP contribution >= 0.6 is 37.5 Å². The molecule has 2 rings (SSSR count). The number of rotatable bonds is 37. The summed E-state index contributed by atoms with van der Waals surface area (Å²) in [6.07, 6.45) is 50.7. The van der Waals surface area contributed by atoms with Gasteiger partial charge in [-0.15, -0.1) is 12.6 Å². The van der Waals surface area contributed by atoms with E-state index in [1.807, 2.05) is 0 Å². The van der Waals surface area contributed by atoms with E-state index >= 15 is 0 Å². The number of unbranched alkanes of at least 4 members (excludes halogenated alkanes) is 30. The first-order valence-electron chi connectivity index (χ1n) is 23.1. The third-order valence-electron chi connectivity index (χ3n) is 12.9. The van der Waals surface area contributed by atoms with E-state index in [-0.39, 0.29) is 15.8 Å². The predicted molar refractivity (Wildman–Crippen MR) is 236 cm³/mol. The van der Waals surface area contributed by atoms with Gasteiger partial charge < -0.3 is 4.74 Å². The quantitative estimate of drug-likeness (QED) is 0.0374. The number of hydrogen-bond acceptors (Lipinski definition) is 4. The van der Waals surface area contributed by atoms with Crippen LogP contribution in [-0.4, -0.2) is 20.5 Å². The van der Waals surface area contributed by atoms with Crippen LogP contribution in [0.4, 0.5) is 0 Å². The monoisotopic (exact) mass is 767 g/mol. The molecule has 0 aromatic carbocycles. The summed E-state index contributed by atoms with van der Waals surface area (Å²) in [5.74, 6) is 0.730. The van der Waals surface area contributed by atoms with Gasteiger partial charge in [-0.25, -0.2) is 0 Å². The van der Waals surface area contributed by atoms with Crippen LogP contribution in [0.25, 0.3) is 0 Å². The molecule has 0 radical (unpaired) electrons. The second kappa shape index (κ2) is 30.5. The Morgan fingerprint density at radius 2 is 0.804 bits per heavy atom. The highest BCUT2D eigenvalue weighted by atomic mass is 32.1. The zero-order valence-corrected chi connectivity index (χ0v) is 36.7. The Morgan fingerprint density at radius 3 is 1.06 bits per heavy atom. The van der Waals surface area contributed by atoms with Crippen molar-refractivity contribution in [2.24, 2.45) is 11.8 Å². The molecule has 0 heterocycles. The lowest BCUT2D eigenvalue weighted by atomic mass is 9.66. The molecule has 0 amide bonds. The van der Waals surface area contributed by atoms with Crippen LogP contribution in [0.1, 0.15) is 258 Å². The zero-order valence-electron chi connectivity index (χ0n) is 34.1. The van der Waals surface area contributed by atoms with Crippen molar-refractivity contribution in [1.82, 2.24) is 0 Å². The summed E-state index contributed by atoms with van der Waals surface area (Å²) in [6, 6.07) is 0. The van der Waals surface area contributed by atoms with Crippen LogP contribution < -0.4 is 0 Å². The van der Waals surface area contributed by atoms with Crippen molar-refractivity contribution in [2.45, 2.75) is 268 Å². The van der Waals surface area contributed by atoms with E-state index in [0.717, 1.165) is 25.7 Å². The highest BCUT2D eigenvalue weighted by Gasteiger charge is 2.57. The highest BCUT2D eigenvalue weighted by molar-refractivity contribution is 7.96. The van der Waals surface area contributed by atoms with Crippen LogP contribution in [0.3, 0.4) is 0 Å². The van der Waals surface area contributed by atoms with Gasteiger partial charge in [-0.3, -0.25) is 4.79 Å².